The van der Waals surface area contributed by atoms with Crippen LogP contribution in [0.4, 0.5) is 17.1 Å². The average molecular weight is 311 g/mol. The van der Waals surface area contributed by atoms with E-state index in [9.17, 15) is 0 Å². The number of hydrogen-bond donors (Lipinski definition) is 0. The molecule has 1 atom stereocenters. The smallest absolute Gasteiger partial charge is 0.0536 e. The van der Waals surface area contributed by atoms with Gasteiger partial charge < -0.3 is 4.90 Å². The summed E-state index contributed by atoms with van der Waals surface area (Å²) in [6, 6.07) is 27.8. The molecule has 0 amide bonds. The molecule has 0 fully saturated rings. The van der Waals surface area contributed by atoms with Crippen molar-refractivity contribution >= 4 is 23.1 Å². The Balaban J connectivity index is 1.94. The molecule has 1 nitrogen and oxygen atoms in total. The molecular weight excluding hydrogens is 290 g/mol. The van der Waals surface area contributed by atoms with Crippen LogP contribution in [0.2, 0.25) is 0 Å². The van der Waals surface area contributed by atoms with Gasteiger partial charge in [-0.15, -0.1) is 0 Å². The van der Waals surface area contributed by atoms with Gasteiger partial charge in [-0.25, -0.2) is 0 Å². The lowest BCUT2D eigenvalue weighted by Crippen LogP contribution is -2.11. The first-order valence-electron chi connectivity index (χ1n) is 8.47. The zero-order valence-corrected chi connectivity index (χ0v) is 14.1. The Hall–Kier alpha value is -2.80. The topological polar surface area (TPSA) is 3.24 Å². The Morgan fingerprint density at radius 2 is 1.29 bits per heavy atom. The van der Waals surface area contributed by atoms with Crippen molar-refractivity contribution in [3.63, 3.8) is 0 Å². The molecule has 0 radical (unpaired) electrons. The monoisotopic (exact) mass is 311 g/mol. The summed E-state index contributed by atoms with van der Waals surface area (Å²) >= 11 is 0. The van der Waals surface area contributed by atoms with Crippen molar-refractivity contribution in [1.29, 1.82) is 0 Å². The first-order valence-corrected chi connectivity index (χ1v) is 8.47. The van der Waals surface area contributed by atoms with E-state index in [4.69, 9.17) is 0 Å². The summed E-state index contributed by atoms with van der Waals surface area (Å²) < 4.78 is 0. The maximum atomic E-state index is 2.35. The van der Waals surface area contributed by atoms with E-state index < -0.39 is 0 Å². The summed E-state index contributed by atoms with van der Waals surface area (Å²) in [5.74, 6) is 0.494. The highest BCUT2D eigenvalue weighted by Gasteiger charge is 2.24. The number of rotatable bonds is 3. The van der Waals surface area contributed by atoms with Gasteiger partial charge in [-0.1, -0.05) is 67.1 Å². The van der Waals surface area contributed by atoms with Crippen LogP contribution in [-0.2, 0) is 0 Å². The fourth-order valence-corrected chi connectivity index (χ4v) is 3.48. The minimum absolute atomic E-state index is 0.494. The molecule has 0 aromatic heterocycles. The van der Waals surface area contributed by atoms with Gasteiger partial charge in [0.2, 0.25) is 0 Å². The van der Waals surface area contributed by atoms with Gasteiger partial charge in [0.25, 0.3) is 0 Å². The van der Waals surface area contributed by atoms with E-state index in [2.05, 4.69) is 104 Å². The predicted octanol–water partition coefficient (Wildman–Crippen LogP) is 6.68. The van der Waals surface area contributed by atoms with Crippen LogP contribution in [0.1, 0.15) is 30.9 Å². The Kier molecular flexibility index (Phi) is 3.70. The molecule has 1 heteroatoms. The van der Waals surface area contributed by atoms with Crippen molar-refractivity contribution in [3.05, 3.63) is 95.6 Å². The van der Waals surface area contributed by atoms with E-state index in [1.807, 2.05) is 0 Å². The Labute approximate surface area is 143 Å². The molecule has 0 bridgehead atoms. The minimum Gasteiger partial charge on any atom is -0.310 e. The summed E-state index contributed by atoms with van der Waals surface area (Å²) in [7, 11) is 0. The molecule has 4 rings (SSSR count). The predicted molar refractivity (Wildman–Crippen MR) is 103 cm³/mol. The zero-order chi connectivity index (χ0) is 16.5. The second-order valence-corrected chi connectivity index (χ2v) is 6.40. The molecule has 3 aromatic rings. The molecule has 118 valence electrons. The van der Waals surface area contributed by atoms with Crippen LogP contribution < -0.4 is 4.90 Å². The molecular formula is C23H21N. The molecule has 1 aliphatic rings. The Morgan fingerprint density at radius 3 is 1.88 bits per heavy atom. The lowest BCUT2D eigenvalue weighted by atomic mass is 9.97. The van der Waals surface area contributed by atoms with Gasteiger partial charge in [0.05, 0.1) is 5.69 Å². The summed E-state index contributed by atoms with van der Waals surface area (Å²) in [5, 5.41) is 0. The van der Waals surface area contributed by atoms with Crippen LogP contribution in [0, 0.1) is 0 Å². The van der Waals surface area contributed by atoms with Crippen LogP contribution in [-0.4, -0.2) is 0 Å². The van der Waals surface area contributed by atoms with Crippen molar-refractivity contribution in [2.24, 2.45) is 0 Å². The SMILES string of the molecule is CC1=Cc2c(cccc2N(c2ccccc2)c2ccccc2)C1C. The molecule has 3 aromatic carbocycles. The highest BCUT2D eigenvalue weighted by Crippen LogP contribution is 2.44. The molecule has 0 saturated carbocycles. The van der Waals surface area contributed by atoms with Crippen LogP contribution >= 0.6 is 0 Å². The highest BCUT2D eigenvalue weighted by atomic mass is 15.1. The first kappa shape index (κ1) is 14.8. The van der Waals surface area contributed by atoms with Crippen LogP contribution in [0.25, 0.3) is 6.08 Å². The van der Waals surface area contributed by atoms with Crippen molar-refractivity contribution in [2.75, 3.05) is 4.90 Å². The molecule has 0 spiro atoms. The van der Waals surface area contributed by atoms with Gasteiger partial charge in [-0.3, -0.25) is 0 Å². The molecule has 1 aliphatic carbocycles. The van der Waals surface area contributed by atoms with Crippen LogP contribution in [0.5, 0.6) is 0 Å². The molecule has 1 unspecified atom stereocenters. The summed E-state index contributed by atoms with van der Waals surface area (Å²) in [4.78, 5) is 2.35. The van der Waals surface area contributed by atoms with E-state index in [-0.39, 0.29) is 0 Å². The molecule has 0 aliphatic heterocycles. The lowest BCUT2D eigenvalue weighted by molar-refractivity contribution is 0.921. The van der Waals surface area contributed by atoms with E-state index in [1.54, 1.807) is 0 Å². The number of allylic oxidation sites excluding steroid dienone is 1. The highest BCUT2D eigenvalue weighted by molar-refractivity contribution is 5.86. The molecule has 0 N–H and O–H groups in total. The Morgan fingerprint density at radius 1 is 0.708 bits per heavy atom. The minimum atomic E-state index is 0.494. The number of para-hydroxylation sites is 2. The molecule has 24 heavy (non-hydrogen) atoms. The standard InChI is InChI=1S/C23H21N/c1-17-16-22-21(18(17)2)14-9-15-23(22)24(19-10-5-3-6-11-19)20-12-7-4-8-13-20/h3-16,18H,1-2H3. The number of anilines is 3. The van der Waals surface area contributed by atoms with E-state index in [0.29, 0.717) is 5.92 Å². The van der Waals surface area contributed by atoms with Gasteiger partial charge in [0, 0.05) is 22.9 Å². The third-order valence-electron chi connectivity index (χ3n) is 4.91. The number of nitrogens with zero attached hydrogens (tertiary/aromatic N) is 1. The summed E-state index contributed by atoms with van der Waals surface area (Å²) in [6.07, 6.45) is 2.34. The second kappa shape index (κ2) is 6.01. The van der Waals surface area contributed by atoms with Crippen LogP contribution in [0.3, 0.4) is 0 Å². The van der Waals surface area contributed by atoms with E-state index in [1.165, 1.54) is 33.8 Å². The van der Waals surface area contributed by atoms with Crippen molar-refractivity contribution in [2.45, 2.75) is 19.8 Å². The van der Waals surface area contributed by atoms with Crippen molar-refractivity contribution in [1.82, 2.24) is 0 Å². The zero-order valence-electron chi connectivity index (χ0n) is 14.1. The maximum absolute atomic E-state index is 2.35. The summed E-state index contributed by atoms with van der Waals surface area (Å²) in [6.45, 7) is 4.51. The fourth-order valence-electron chi connectivity index (χ4n) is 3.48. The van der Waals surface area contributed by atoms with Gasteiger partial charge in [-0.05, 0) is 42.8 Å². The van der Waals surface area contributed by atoms with E-state index in [0.717, 1.165) is 0 Å². The second-order valence-electron chi connectivity index (χ2n) is 6.40. The van der Waals surface area contributed by atoms with Crippen LogP contribution in [0.15, 0.2) is 84.4 Å². The van der Waals surface area contributed by atoms with Gasteiger partial charge in [0.1, 0.15) is 0 Å². The third-order valence-corrected chi connectivity index (χ3v) is 4.91. The normalized spacial score (nSPS) is 15.8. The molecule has 0 heterocycles. The average Bonchev–Trinajstić information content (AvgIpc) is 2.93. The number of hydrogen-bond acceptors (Lipinski definition) is 1. The Bertz CT molecular complexity index is 839. The molecule has 0 saturated heterocycles. The van der Waals surface area contributed by atoms with Crippen molar-refractivity contribution < 1.29 is 0 Å². The lowest BCUT2D eigenvalue weighted by Gasteiger charge is -2.27. The van der Waals surface area contributed by atoms with Gasteiger partial charge in [-0.2, -0.15) is 0 Å². The number of benzene rings is 3. The van der Waals surface area contributed by atoms with Crippen molar-refractivity contribution in [3.8, 4) is 0 Å². The maximum Gasteiger partial charge on any atom is 0.0536 e. The van der Waals surface area contributed by atoms with E-state index >= 15 is 0 Å². The van der Waals surface area contributed by atoms with Gasteiger partial charge in [0.15, 0.2) is 0 Å². The summed E-state index contributed by atoms with van der Waals surface area (Å²) in [5.41, 5.74) is 7.80. The van der Waals surface area contributed by atoms with Gasteiger partial charge >= 0.3 is 0 Å². The first-order chi connectivity index (χ1) is 11.8. The number of fused-ring (bicyclic) bond motifs is 1. The fraction of sp³-hybridized carbons (Fsp3) is 0.130. The quantitative estimate of drug-likeness (QED) is 0.521. The third kappa shape index (κ3) is 2.43. The largest absolute Gasteiger partial charge is 0.310 e.